The van der Waals surface area contributed by atoms with E-state index >= 15 is 0 Å². The highest BCUT2D eigenvalue weighted by Crippen LogP contribution is 2.47. The number of hydrogen-bond donors (Lipinski definition) is 2. The van der Waals surface area contributed by atoms with Crippen LogP contribution in [0.5, 0.6) is 0 Å². The minimum atomic E-state index is -0.414. The van der Waals surface area contributed by atoms with Crippen LogP contribution in [0, 0.1) is 5.41 Å². The molecule has 0 heterocycles. The lowest BCUT2D eigenvalue weighted by molar-refractivity contribution is -0.122. The summed E-state index contributed by atoms with van der Waals surface area (Å²) in [6.07, 6.45) is 3.44. The van der Waals surface area contributed by atoms with E-state index in [-0.39, 0.29) is 23.7 Å². The first-order valence-corrected chi connectivity index (χ1v) is 6.19. The van der Waals surface area contributed by atoms with Gasteiger partial charge in [0.25, 0.3) is 0 Å². The maximum absolute atomic E-state index is 11.4. The van der Waals surface area contributed by atoms with Gasteiger partial charge in [0.1, 0.15) is 0 Å². The molecule has 18 heavy (non-hydrogen) atoms. The average molecular weight is 269 g/mol. The van der Waals surface area contributed by atoms with E-state index in [9.17, 15) is 4.79 Å². The molecule has 3 N–H and O–H groups in total. The van der Waals surface area contributed by atoms with Gasteiger partial charge in [-0.15, -0.1) is 12.4 Å². The molecule has 0 saturated heterocycles. The highest BCUT2D eigenvalue weighted by Gasteiger charge is 2.42. The molecular formula is C14H21ClN2O. The zero-order chi connectivity index (χ0) is 12.3. The Morgan fingerprint density at radius 1 is 1.39 bits per heavy atom. The van der Waals surface area contributed by atoms with Gasteiger partial charge in [0.2, 0.25) is 5.91 Å². The number of hydrogen-bond acceptors (Lipinski definition) is 2. The van der Waals surface area contributed by atoms with Gasteiger partial charge in [-0.3, -0.25) is 4.79 Å². The van der Waals surface area contributed by atoms with Crippen LogP contribution in [-0.2, 0) is 11.2 Å². The van der Waals surface area contributed by atoms with E-state index in [1.807, 2.05) is 6.07 Å². The van der Waals surface area contributed by atoms with Gasteiger partial charge in [0.15, 0.2) is 0 Å². The van der Waals surface area contributed by atoms with Crippen LogP contribution in [0.1, 0.15) is 25.3 Å². The Bertz CT molecular complexity index is 388. The SMILES string of the molecule is CC(N)C(=O)NCC1(Cc2ccccc2)CC1.Cl. The second-order valence-corrected chi connectivity index (χ2v) is 5.17. The van der Waals surface area contributed by atoms with Crippen LogP contribution in [0.4, 0.5) is 0 Å². The average Bonchev–Trinajstić information content (AvgIpc) is 3.07. The second-order valence-electron chi connectivity index (χ2n) is 5.17. The van der Waals surface area contributed by atoms with Crippen molar-refractivity contribution >= 4 is 18.3 Å². The molecule has 0 spiro atoms. The Balaban J connectivity index is 0.00000162. The number of benzene rings is 1. The minimum Gasteiger partial charge on any atom is -0.354 e. The number of carbonyl (C=O) groups is 1. The van der Waals surface area contributed by atoms with Crippen LogP contribution >= 0.6 is 12.4 Å². The van der Waals surface area contributed by atoms with E-state index in [4.69, 9.17) is 5.73 Å². The summed E-state index contributed by atoms with van der Waals surface area (Å²) >= 11 is 0. The second kappa shape index (κ2) is 6.21. The van der Waals surface area contributed by atoms with Crippen molar-refractivity contribution in [1.29, 1.82) is 0 Å². The van der Waals surface area contributed by atoms with Crippen molar-refractivity contribution in [2.24, 2.45) is 11.1 Å². The zero-order valence-corrected chi connectivity index (χ0v) is 11.5. The van der Waals surface area contributed by atoms with Gasteiger partial charge in [-0.05, 0) is 37.2 Å². The first-order chi connectivity index (χ1) is 8.11. The summed E-state index contributed by atoms with van der Waals surface area (Å²) < 4.78 is 0. The van der Waals surface area contributed by atoms with E-state index < -0.39 is 6.04 Å². The molecule has 2 rings (SSSR count). The molecule has 1 amide bonds. The van der Waals surface area contributed by atoms with Gasteiger partial charge in [0, 0.05) is 6.54 Å². The molecule has 0 bridgehead atoms. The molecule has 1 aliphatic carbocycles. The lowest BCUT2D eigenvalue weighted by Gasteiger charge is -2.17. The fourth-order valence-electron chi connectivity index (χ4n) is 2.06. The fourth-order valence-corrected chi connectivity index (χ4v) is 2.06. The fraction of sp³-hybridized carbons (Fsp3) is 0.500. The highest BCUT2D eigenvalue weighted by atomic mass is 35.5. The van der Waals surface area contributed by atoms with E-state index in [1.54, 1.807) is 6.92 Å². The standard InChI is InChI=1S/C14H20N2O.ClH/c1-11(15)13(17)16-10-14(7-8-14)9-12-5-3-2-4-6-12;/h2-6,11H,7-10,15H2,1H3,(H,16,17);1H. The summed E-state index contributed by atoms with van der Waals surface area (Å²) in [6, 6.07) is 10.0. The smallest absolute Gasteiger partial charge is 0.236 e. The normalized spacial score (nSPS) is 17.4. The number of rotatable bonds is 5. The molecule has 1 aliphatic rings. The van der Waals surface area contributed by atoms with Crippen molar-refractivity contribution in [2.45, 2.75) is 32.2 Å². The van der Waals surface area contributed by atoms with Crippen LogP contribution in [0.3, 0.4) is 0 Å². The summed E-state index contributed by atoms with van der Waals surface area (Å²) in [5.41, 5.74) is 7.16. The molecule has 1 fully saturated rings. The van der Waals surface area contributed by atoms with Crippen LogP contribution in [0.15, 0.2) is 30.3 Å². The Kier molecular flexibility index (Phi) is 5.17. The van der Waals surface area contributed by atoms with Gasteiger partial charge in [-0.25, -0.2) is 0 Å². The number of halogens is 1. The van der Waals surface area contributed by atoms with Gasteiger partial charge in [-0.1, -0.05) is 30.3 Å². The van der Waals surface area contributed by atoms with E-state index in [1.165, 1.54) is 18.4 Å². The van der Waals surface area contributed by atoms with Crippen molar-refractivity contribution in [3.63, 3.8) is 0 Å². The molecule has 0 aliphatic heterocycles. The Hall–Kier alpha value is -1.06. The van der Waals surface area contributed by atoms with Gasteiger partial charge in [0.05, 0.1) is 6.04 Å². The molecule has 4 heteroatoms. The maximum atomic E-state index is 11.4. The Morgan fingerprint density at radius 3 is 2.50 bits per heavy atom. The summed E-state index contributed by atoms with van der Waals surface area (Å²) in [6.45, 7) is 2.47. The van der Waals surface area contributed by atoms with Gasteiger partial charge < -0.3 is 11.1 Å². The molecule has 3 nitrogen and oxygen atoms in total. The molecule has 1 atom stereocenters. The largest absolute Gasteiger partial charge is 0.354 e. The van der Waals surface area contributed by atoms with Crippen molar-refractivity contribution < 1.29 is 4.79 Å². The van der Waals surface area contributed by atoms with E-state index in [0.717, 1.165) is 13.0 Å². The molecule has 0 aromatic heterocycles. The van der Waals surface area contributed by atoms with E-state index in [0.29, 0.717) is 0 Å². The van der Waals surface area contributed by atoms with Crippen LogP contribution in [0.25, 0.3) is 0 Å². The van der Waals surface area contributed by atoms with Crippen molar-refractivity contribution in [2.75, 3.05) is 6.54 Å². The van der Waals surface area contributed by atoms with Gasteiger partial charge in [-0.2, -0.15) is 0 Å². The summed E-state index contributed by atoms with van der Waals surface area (Å²) in [5.74, 6) is -0.0515. The van der Waals surface area contributed by atoms with Crippen LogP contribution in [0.2, 0.25) is 0 Å². The third-order valence-electron chi connectivity index (χ3n) is 3.43. The molecule has 0 radical (unpaired) electrons. The molecular weight excluding hydrogens is 248 g/mol. The number of carbonyl (C=O) groups excluding carboxylic acids is 1. The van der Waals surface area contributed by atoms with E-state index in [2.05, 4.69) is 29.6 Å². The van der Waals surface area contributed by atoms with Crippen LogP contribution < -0.4 is 11.1 Å². The highest BCUT2D eigenvalue weighted by molar-refractivity contribution is 5.85. The monoisotopic (exact) mass is 268 g/mol. The number of nitrogens with one attached hydrogen (secondary N) is 1. The predicted molar refractivity (Wildman–Crippen MR) is 75.7 cm³/mol. The van der Waals surface area contributed by atoms with Crippen molar-refractivity contribution in [1.82, 2.24) is 5.32 Å². The Labute approximate surface area is 115 Å². The predicted octanol–water partition coefficient (Wildman–Crippen LogP) is 1.89. The maximum Gasteiger partial charge on any atom is 0.236 e. The quantitative estimate of drug-likeness (QED) is 0.857. The topological polar surface area (TPSA) is 55.1 Å². The first-order valence-electron chi connectivity index (χ1n) is 6.19. The zero-order valence-electron chi connectivity index (χ0n) is 10.7. The summed E-state index contributed by atoms with van der Waals surface area (Å²) in [7, 11) is 0. The summed E-state index contributed by atoms with van der Waals surface area (Å²) in [4.78, 5) is 11.4. The third-order valence-corrected chi connectivity index (χ3v) is 3.43. The lowest BCUT2D eigenvalue weighted by Crippen LogP contribution is -2.41. The molecule has 100 valence electrons. The third kappa shape index (κ3) is 4.00. The first kappa shape index (κ1) is 15.0. The van der Waals surface area contributed by atoms with Gasteiger partial charge >= 0.3 is 0 Å². The number of nitrogens with two attached hydrogens (primary N) is 1. The minimum absolute atomic E-state index is 0. The number of amides is 1. The van der Waals surface area contributed by atoms with Crippen molar-refractivity contribution in [3.8, 4) is 0 Å². The molecule has 1 aromatic rings. The lowest BCUT2D eigenvalue weighted by atomic mass is 9.96. The molecule has 1 saturated carbocycles. The van der Waals surface area contributed by atoms with Crippen molar-refractivity contribution in [3.05, 3.63) is 35.9 Å². The Morgan fingerprint density at radius 2 is 2.00 bits per heavy atom. The van der Waals surface area contributed by atoms with Crippen LogP contribution in [-0.4, -0.2) is 18.5 Å². The molecule has 1 aromatic carbocycles. The summed E-state index contributed by atoms with van der Waals surface area (Å²) in [5, 5.41) is 2.94. The molecule has 1 unspecified atom stereocenters.